The molecule has 0 radical (unpaired) electrons. The summed E-state index contributed by atoms with van der Waals surface area (Å²) in [5, 5.41) is 2.32. The Morgan fingerprint density at radius 2 is 2.15 bits per heavy atom. The molecule has 3 rings (SSSR count). The summed E-state index contributed by atoms with van der Waals surface area (Å²) >= 11 is 0. The summed E-state index contributed by atoms with van der Waals surface area (Å²) < 4.78 is 9.62. The lowest BCUT2D eigenvalue weighted by atomic mass is 10.2. The van der Waals surface area contributed by atoms with E-state index in [0.717, 1.165) is 0 Å². The van der Waals surface area contributed by atoms with E-state index < -0.39 is 17.5 Å². The Hall–Kier alpha value is -3.03. The van der Waals surface area contributed by atoms with Gasteiger partial charge in [-0.3, -0.25) is 9.78 Å². The quantitative estimate of drug-likeness (QED) is 0.786. The van der Waals surface area contributed by atoms with E-state index in [4.69, 9.17) is 9.15 Å². The topological polar surface area (TPSA) is 111 Å². The molecular formula is C12H7N3O5. The molecule has 1 N–H and O–H groups in total. The van der Waals surface area contributed by atoms with Crippen LogP contribution in [0.15, 0.2) is 33.9 Å². The lowest BCUT2D eigenvalue weighted by Crippen LogP contribution is -2.19. The number of ether oxygens (including phenoxy) is 1. The molecule has 0 aromatic carbocycles. The van der Waals surface area contributed by atoms with E-state index in [1.54, 1.807) is 0 Å². The fraction of sp³-hybridized carbons (Fsp3) is 0.0833. The van der Waals surface area contributed by atoms with Crippen LogP contribution in [-0.4, -0.2) is 21.8 Å². The number of cyclic esters (lactones) is 1. The van der Waals surface area contributed by atoms with Crippen LogP contribution in [0.2, 0.25) is 0 Å². The maximum Gasteiger partial charge on any atom is 0.360 e. The Bertz CT molecular complexity index is 753. The van der Waals surface area contributed by atoms with Gasteiger partial charge in [0.2, 0.25) is 0 Å². The molecule has 0 fully saturated rings. The maximum absolute atomic E-state index is 11.8. The second-order valence-corrected chi connectivity index (χ2v) is 3.91. The third-order valence-electron chi connectivity index (χ3n) is 2.62. The van der Waals surface area contributed by atoms with Crippen molar-refractivity contribution in [3.05, 3.63) is 52.1 Å². The second kappa shape index (κ2) is 4.57. The molecule has 0 saturated heterocycles. The van der Waals surface area contributed by atoms with Gasteiger partial charge < -0.3 is 14.5 Å². The van der Waals surface area contributed by atoms with E-state index in [9.17, 15) is 14.4 Å². The van der Waals surface area contributed by atoms with Crippen LogP contribution in [0.1, 0.15) is 26.6 Å². The van der Waals surface area contributed by atoms with E-state index in [1.807, 2.05) is 0 Å². The number of esters is 1. The predicted octanol–water partition coefficient (Wildman–Crippen LogP) is 0.352. The summed E-state index contributed by atoms with van der Waals surface area (Å²) in [6.45, 7) is -0.0816. The number of carbonyl (C=O) groups is 2. The van der Waals surface area contributed by atoms with Gasteiger partial charge in [0.05, 0.1) is 6.20 Å². The van der Waals surface area contributed by atoms with Gasteiger partial charge in [0.15, 0.2) is 12.4 Å². The van der Waals surface area contributed by atoms with Crippen LogP contribution in [0.25, 0.3) is 0 Å². The third-order valence-corrected chi connectivity index (χ3v) is 2.62. The molecule has 8 heteroatoms. The molecule has 8 nitrogen and oxygen atoms in total. The van der Waals surface area contributed by atoms with Crippen molar-refractivity contribution in [2.75, 3.05) is 5.32 Å². The Morgan fingerprint density at radius 3 is 2.90 bits per heavy atom. The molecule has 100 valence electrons. The minimum atomic E-state index is -0.765. The largest absolute Gasteiger partial charge is 0.454 e. The van der Waals surface area contributed by atoms with Crippen LogP contribution in [-0.2, 0) is 11.3 Å². The fourth-order valence-corrected chi connectivity index (χ4v) is 1.68. The van der Waals surface area contributed by atoms with Crippen LogP contribution < -0.4 is 10.9 Å². The minimum Gasteiger partial charge on any atom is -0.454 e. The van der Waals surface area contributed by atoms with Gasteiger partial charge in [-0.15, -0.1) is 0 Å². The highest BCUT2D eigenvalue weighted by atomic mass is 16.6. The highest BCUT2D eigenvalue weighted by Gasteiger charge is 2.26. The Labute approximate surface area is 111 Å². The summed E-state index contributed by atoms with van der Waals surface area (Å²) in [7, 11) is 0. The van der Waals surface area contributed by atoms with Gasteiger partial charge in [0.1, 0.15) is 16.9 Å². The molecule has 1 aliphatic heterocycles. The first-order chi connectivity index (χ1) is 9.65. The molecular weight excluding hydrogens is 266 g/mol. The number of hydrogen-bond donors (Lipinski definition) is 1. The standard InChI is InChI=1S/C12H7N3O5/c16-10(8-4-13-1-2-14-8)15-7-3-6-9(20-12(7)18)5-19-11(6)17/h1-4H,5H2,(H,15,16). The fourth-order valence-electron chi connectivity index (χ4n) is 1.68. The number of amides is 1. The molecule has 0 atom stereocenters. The molecule has 20 heavy (non-hydrogen) atoms. The number of aromatic nitrogens is 2. The van der Waals surface area contributed by atoms with Crippen LogP contribution in [0.5, 0.6) is 0 Å². The molecule has 1 amide bonds. The van der Waals surface area contributed by atoms with Crippen molar-refractivity contribution in [2.24, 2.45) is 0 Å². The zero-order valence-electron chi connectivity index (χ0n) is 9.95. The maximum atomic E-state index is 11.8. The van der Waals surface area contributed by atoms with Gasteiger partial charge in [-0.05, 0) is 6.07 Å². The van der Waals surface area contributed by atoms with Crippen molar-refractivity contribution in [3.8, 4) is 0 Å². The Morgan fingerprint density at radius 1 is 1.30 bits per heavy atom. The lowest BCUT2D eigenvalue weighted by Gasteiger charge is -2.03. The van der Waals surface area contributed by atoms with E-state index in [0.29, 0.717) is 0 Å². The number of carbonyl (C=O) groups excluding carboxylic acids is 2. The molecule has 2 aromatic rings. The van der Waals surface area contributed by atoms with Crippen molar-refractivity contribution in [2.45, 2.75) is 6.61 Å². The Balaban J connectivity index is 1.92. The number of anilines is 1. The highest BCUT2D eigenvalue weighted by Crippen LogP contribution is 2.20. The summed E-state index contributed by atoms with van der Waals surface area (Å²) in [5.74, 6) is -1.08. The molecule has 0 bridgehead atoms. The summed E-state index contributed by atoms with van der Waals surface area (Å²) in [6, 6.07) is 1.23. The van der Waals surface area contributed by atoms with Crippen LogP contribution in [0.3, 0.4) is 0 Å². The zero-order chi connectivity index (χ0) is 14.1. The number of hydrogen-bond acceptors (Lipinski definition) is 7. The van der Waals surface area contributed by atoms with Crippen molar-refractivity contribution >= 4 is 17.6 Å². The first-order valence-electron chi connectivity index (χ1n) is 5.56. The van der Waals surface area contributed by atoms with Gasteiger partial charge >= 0.3 is 11.6 Å². The minimum absolute atomic E-state index is 0.0370. The molecule has 3 heterocycles. The van der Waals surface area contributed by atoms with Gasteiger partial charge in [-0.1, -0.05) is 0 Å². The zero-order valence-corrected chi connectivity index (χ0v) is 9.95. The SMILES string of the molecule is O=C(Nc1cc2c(oc1=O)COC2=O)c1cnccn1. The van der Waals surface area contributed by atoms with Gasteiger partial charge in [-0.2, -0.15) is 0 Å². The van der Waals surface area contributed by atoms with E-state index >= 15 is 0 Å². The number of nitrogens with one attached hydrogen (secondary N) is 1. The van der Waals surface area contributed by atoms with Crippen molar-refractivity contribution < 1.29 is 18.7 Å². The number of fused-ring (bicyclic) bond motifs is 1. The van der Waals surface area contributed by atoms with E-state index in [-0.39, 0.29) is 29.3 Å². The van der Waals surface area contributed by atoms with Gasteiger partial charge in [0, 0.05) is 12.4 Å². The van der Waals surface area contributed by atoms with Crippen LogP contribution in [0, 0.1) is 0 Å². The molecule has 0 saturated carbocycles. The van der Waals surface area contributed by atoms with Crippen LogP contribution in [0.4, 0.5) is 5.69 Å². The van der Waals surface area contributed by atoms with Gasteiger partial charge in [-0.25, -0.2) is 14.6 Å². The molecule has 1 aliphatic rings. The van der Waals surface area contributed by atoms with Crippen LogP contribution >= 0.6 is 0 Å². The van der Waals surface area contributed by atoms with E-state index in [1.165, 1.54) is 24.7 Å². The normalized spacial score (nSPS) is 12.7. The molecule has 2 aromatic heterocycles. The summed E-state index contributed by atoms with van der Waals surface area (Å²) in [6.07, 6.45) is 4.01. The average Bonchev–Trinajstić information content (AvgIpc) is 2.81. The summed E-state index contributed by atoms with van der Waals surface area (Å²) in [4.78, 5) is 42.4. The molecule has 0 spiro atoms. The summed E-state index contributed by atoms with van der Waals surface area (Å²) in [5.41, 5.74) is -0.758. The first-order valence-corrected chi connectivity index (χ1v) is 5.56. The van der Waals surface area contributed by atoms with E-state index in [2.05, 4.69) is 15.3 Å². The predicted molar refractivity (Wildman–Crippen MR) is 64.1 cm³/mol. The number of rotatable bonds is 2. The van der Waals surface area contributed by atoms with Crippen molar-refractivity contribution in [1.82, 2.24) is 9.97 Å². The van der Waals surface area contributed by atoms with Crippen molar-refractivity contribution in [1.29, 1.82) is 0 Å². The monoisotopic (exact) mass is 273 g/mol. The molecule has 0 aliphatic carbocycles. The second-order valence-electron chi connectivity index (χ2n) is 3.91. The first kappa shape index (κ1) is 12.0. The smallest absolute Gasteiger partial charge is 0.360 e. The lowest BCUT2D eigenvalue weighted by molar-refractivity contribution is 0.0523. The Kier molecular flexibility index (Phi) is 2.75. The average molecular weight is 273 g/mol. The van der Waals surface area contributed by atoms with Gasteiger partial charge in [0.25, 0.3) is 5.91 Å². The van der Waals surface area contributed by atoms with Crippen molar-refractivity contribution in [3.63, 3.8) is 0 Å². The molecule has 0 unspecified atom stereocenters. The third kappa shape index (κ3) is 2.03. The highest BCUT2D eigenvalue weighted by molar-refractivity contribution is 6.03. The number of nitrogens with zero attached hydrogens (tertiary/aromatic N) is 2.